The fourth-order valence-corrected chi connectivity index (χ4v) is 4.40. The summed E-state index contributed by atoms with van der Waals surface area (Å²) in [7, 11) is -3.57. The van der Waals surface area contributed by atoms with Gasteiger partial charge in [0.25, 0.3) is 0 Å². The van der Waals surface area contributed by atoms with E-state index in [1.807, 2.05) is 0 Å². The first-order valence-electron chi connectivity index (χ1n) is 9.57. The monoisotopic (exact) mass is 455 g/mol. The molecule has 1 heterocycles. The van der Waals surface area contributed by atoms with Gasteiger partial charge in [-0.15, -0.1) is 0 Å². The van der Waals surface area contributed by atoms with Crippen molar-refractivity contribution in [2.24, 2.45) is 0 Å². The second-order valence-corrected chi connectivity index (χ2v) is 8.62. The molecule has 0 spiro atoms. The van der Waals surface area contributed by atoms with Crippen molar-refractivity contribution in [1.29, 1.82) is 0 Å². The van der Waals surface area contributed by atoms with Gasteiger partial charge in [0.15, 0.2) is 0 Å². The number of nitrogens with one attached hydrogen (secondary N) is 2. The summed E-state index contributed by atoms with van der Waals surface area (Å²) in [4.78, 5) is 12.2. The first-order valence-corrected chi connectivity index (χ1v) is 11.0. The minimum Gasteiger partial charge on any atom is -0.434 e. The molecule has 0 saturated carbocycles. The maximum atomic E-state index is 12.6. The SMILES string of the molecule is O=C(NCc1ccc(S(=O)(=O)N2CCOCC2)cc1)NCc1ccccc1OC(F)F. The number of hydrogen-bond donors (Lipinski definition) is 2. The third-order valence-electron chi connectivity index (χ3n) is 4.61. The molecular formula is C20H23F2N3O5S. The third-order valence-corrected chi connectivity index (χ3v) is 6.53. The number of nitrogens with zero attached hydrogens (tertiary/aromatic N) is 1. The maximum Gasteiger partial charge on any atom is 0.387 e. The van der Waals surface area contributed by atoms with Crippen LogP contribution in [0.15, 0.2) is 53.4 Å². The molecule has 2 N–H and O–H groups in total. The second kappa shape index (κ2) is 10.5. The van der Waals surface area contributed by atoms with E-state index in [2.05, 4.69) is 15.4 Å². The van der Waals surface area contributed by atoms with Crippen LogP contribution >= 0.6 is 0 Å². The average Bonchev–Trinajstić information content (AvgIpc) is 2.77. The number of morpholine rings is 1. The van der Waals surface area contributed by atoms with Crippen molar-refractivity contribution in [3.63, 3.8) is 0 Å². The Bertz CT molecular complexity index is 981. The van der Waals surface area contributed by atoms with Crippen molar-refractivity contribution in [2.45, 2.75) is 24.6 Å². The van der Waals surface area contributed by atoms with Crippen LogP contribution in [0.1, 0.15) is 11.1 Å². The predicted octanol–water partition coefficient (Wildman–Crippen LogP) is 2.31. The van der Waals surface area contributed by atoms with Gasteiger partial charge in [0, 0.05) is 31.7 Å². The Kier molecular flexibility index (Phi) is 7.77. The number of alkyl halides is 2. The Balaban J connectivity index is 1.51. The third kappa shape index (κ3) is 6.36. The zero-order chi connectivity index (χ0) is 22.3. The van der Waals surface area contributed by atoms with Crippen LogP contribution in [0.4, 0.5) is 13.6 Å². The van der Waals surface area contributed by atoms with E-state index < -0.39 is 22.7 Å². The van der Waals surface area contributed by atoms with Crippen LogP contribution in [-0.2, 0) is 27.8 Å². The lowest BCUT2D eigenvalue weighted by Gasteiger charge is -2.26. The number of benzene rings is 2. The molecule has 0 atom stereocenters. The van der Waals surface area contributed by atoms with Gasteiger partial charge < -0.3 is 20.1 Å². The average molecular weight is 455 g/mol. The van der Waals surface area contributed by atoms with Gasteiger partial charge in [-0.05, 0) is 23.8 Å². The number of hydrogen-bond acceptors (Lipinski definition) is 5. The molecule has 168 valence electrons. The van der Waals surface area contributed by atoms with Crippen molar-refractivity contribution in [2.75, 3.05) is 26.3 Å². The summed E-state index contributed by atoms with van der Waals surface area (Å²) in [6, 6.07) is 11.9. The molecule has 11 heteroatoms. The number of ether oxygens (including phenoxy) is 2. The first kappa shape index (κ1) is 22.9. The van der Waals surface area contributed by atoms with E-state index in [1.165, 1.54) is 22.5 Å². The highest BCUT2D eigenvalue weighted by Crippen LogP contribution is 2.20. The number of amides is 2. The number of sulfonamides is 1. The largest absolute Gasteiger partial charge is 0.434 e. The van der Waals surface area contributed by atoms with E-state index in [0.29, 0.717) is 37.4 Å². The van der Waals surface area contributed by atoms with Gasteiger partial charge in [0.1, 0.15) is 5.75 Å². The highest BCUT2D eigenvalue weighted by Gasteiger charge is 2.26. The minimum atomic E-state index is -3.57. The van der Waals surface area contributed by atoms with E-state index in [1.54, 1.807) is 30.3 Å². The lowest BCUT2D eigenvalue weighted by molar-refractivity contribution is -0.0504. The molecule has 8 nitrogen and oxygen atoms in total. The van der Waals surface area contributed by atoms with Crippen molar-refractivity contribution < 1.29 is 31.5 Å². The number of rotatable bonds is 8. The number of halogens is 2. The molecule has 0 radical (unpaired) electrons. The van der Waals surface area contributed by atoms with Gasteiger partial charge in [-0.25, -0.2) is 13.2 Å². The molecule has 0 unspecified atom stereocenters. The van der Waals surface area contributed by atoms with Crippen LogP contribution in [0.3, 0.4) is 0 Å². The van der Waals surface area contributed by atoms with Crippen LogP contribution in [0.25, 0.3) is 0 Å². The molecule has 1 saturated heterocycles. The highest BCUT2D eigenvalue weighted by molar-refractivity contribution is 7.89. The molecule has 0 aliphatic carbocycles. The van der Waals surface area contributed by atoms with Gasteiger partial charge in [-0.1, -0.05) is 30.3 Å². The summed E-state index contributed by atoms with van der Waals surface area (Å²) >= 11 is 0. The summed E-state index contributed by atoms with van der Waals surface area (Å²) in [6.07, 6.45) is 0. The number of urea groups is 1. The van der Waals surface area contributed by atoms with E-state index in [9.17, 15) is 22.0 Å². The lowest BCUT2D eigenvalue weighted by Crippen LogP contribution is -2.40. The summed E-state index contributed by atoms with van der Waals surface area (Å²) in [5, 5.41) is 5.21. The Hall–Kier alpha value is -2.76. The smallest absolute Gasteiger partial charge is 0.387 e. The quantitative estimate of drug-likeness (QED) is 0.637. The van der Waals surface area contributed by atoms with Gasteiger partial charge in [0.05, 0.1) is 18.1 Å². The zero-order valence-corrected chi connectivity index (χ0v) is 17.4. The predicted molar refractivity (Wildman–Crippen MR) is 108 cm³/mol. The number of carbonyl (C=O) groups is 1. The molecule has 1 aliphatic rings. The van der Waals surface area contributed by atoms with Crippen LogP contribution in [-0.4, -0.2) is 51.7 Å². The van der Waals surface area contributed by atoms with Crippen molar-refractivity contribution in [3.05, 3.63) is 59.7 Å². The van der Waals surface area contributed by atoms with Gasteiger partial charge in [0.2, 0.25) is 10.0 Å². The van der Waals surface area contributed by atoms with E-state index in [-0.39, 0.29) is 23.7 Å². The molecule has 1 fully saturated rings. The summed E-state index contributed by atoms with van der Waals surface area (Å²) < 4.78 is 61.1. The van der Waals surface area contributed by atoms with Crippen LogP contribution in [0.2, 0.25) is 0 Å². The van der Waals surface area contributed by atoms with E-state index >= 15 is 0 Å². The van der Waals surface area contributed by atoms with Crippen molar-refractivity contribution >= 4 is 16.1 Å². The van der Waals surface area contributed by atoms with Crippen LogP contribution in [0, 0.1) is 0 Å². The molecule has 2 aromatic carbocycles. The maximum absolute atomic E-state index is 12.6. The van der Waals surface area contributed by atoms with Gasteiger partial charge >= 0.3 is 12.6 Å². The molecule has 2 amide bonds. The second-order valence-electron chi connectivity index (χ2n) is 6.68. The highest BCUT2D eigenvalue weighted by atomic mass is 32.2. The molecule has 0 aromatic heterocycles. The standard InChI is InChI=1S/C20H23F2N3O5S/c21-19(22)30-18-4-2-1-3-16(18)14-24-20(26)23-13-15-5-7-17(8-6-15)31(27,28)25-9-11-29-12-10-25/h1-8,19H,9-14H2,(H2,23,24,26). The Morgan fingerprint density at radius 1 is 1.03 bits per heavy atom. The minimum absolute atomic E-state index is 0.00475. The van der Waals surface area contributed by atoms with Gasteiger partial charge in [-0.2, -0.15) is 13.1 Å². The molecule has 31 heavy (non-hydrogen) atoms. The van der Waals surface area contributed by atoms with Crippen LogP contribution in [0.5, 0.6) is 5.75 Å². The normalized spacial score (nSPS) is 14.9. The van der Waals surface area contributed by atoms with E-state index in [4.69, 9.17) is 4.74 Å². The Morgan fingerprint density at radius 3 is 2.35 bits per heavy atom. The fourth-order valence-electron chi connectivity index (χ4n) is 3.00. The molecular weight excluding hydrogens is 432 g/mol. The zero-order valence-electron chi connectivity index (χ0n) is 16.6. The Labute approximate surface area is 179 Å². The number of carbonyl (C=O) groups excluding carboxylic acids is 1. The summed E-state index contributed by atoms with van der Waals surface area (Å²) in [5.74, 6) is -0.00475. The summed E-state index contributed by atoms with van der Waals surface area (Å²) in [6.45, 7) is -1.41. The fraction of sp³-hybridized carbons (Fsp3) is 0.350. The Morgan fingerprint density at radius 2 is 1.68 bits per heavy atom. The summed E-state index contributed by atoms with van der Waals surface area (Å²) in [5.41, 5.74) is 1.12. The van der Waals surface area contributed by atoms with Crippen molar-refractivity contribution in [1.82, 2.24) is 14.9 Å². The van der Waals surface area contributed by atoms with Crippen LogP contribution < -0.4 is 15.4 Å². The molecule has 1 aliphatic heterocycles. The van der Waals surface area contributed by atoms with Gasteiger partial charge in [-0.3, -0.25) is 0 Å². The first-order chi connectivity index (χ1) is 14.9. The molecule has 3 rings (SSSR count). The van der Waals surface area contributed by atoms with E-state index in [0.717, 1.165) is 0 Å². The van der Waals surface area contributed by atoms with Crippen molar-refractivity contribution in [3.8, 4) is 5.75 Å². The molecule has 0 bridgehead atoms. The molecule has 2 aromatic rings. The topological polar surface area (TPSA) is 97.0 Å². The number of para-hydroxylation sites is 1. The lowest BCUT2D eigenvalue weighted by atomic mass is 10.2.